The van der Waals surface area contributed by atoms with E-state index in [1.165, 1.54) is 0 Å². The van der Waals surface area contributed by atoms with Crippen LogP contribution in [0, 0.1) is 0 Å². The molecule has 0 spiro atoms. The first-order valence-corrected chi connectivity index (χ1v) is 24.0. The molecule has 398 valence electrons. The number of hydrogen-bond acceptors (Lipinski definition) is 11. The number of aliphatic imine (C=N–C) groups is 2. The van der Waals surface area contributed by atoms with Gasteiger partial charge in [0.2, 0.25) is 11.8 Å². The Morgan fingerprint density at radius 3 is 1.25 bits per heavy atom. The molecule has 0 saturated heterocycles. The summed E-state index contributed by atoms with van der Waals surface area (Å²) in [6.45, 7) is 0.558. The van der Waals surface area contributed by atoms with Crippen molar-refractivity contribution in [3.63, 3.8) is 0 Å². The smallest absolute Gasteiger partial charge is 0.390 e. The van der Waals surface area contributed by atoms with Gasteiger partial charge in [0.05, 0.1) is 55.6 Å². The number of unbranched alkanes of at least 4 members (excludes halogenated alkanes) is 3. The number of halogens is 9. The van der Waals surface area contributed by atoms with Gasteiger partial charge in [-0.1, -0.05) is 0 Å². The lowest BCUT2D eigenvalue weighted by molar-refractivity contribution is -0.138. The Labute approximate surface area is 416 Å². The zero-order valence-corrected chi connectivity index (χ0v) is 40.2. The second-order valence-electron chi connectivity index (χ2n) is 15.4. The van der Waals surface area contributed by atoms with Crippen molar-refractivity contribution in [1.29, 1.82) is 0 Å². The molecule has 0 unspecified atom stereocenters. The average molecular weight is 1070 g/mol. The van der Waals surface area contributed by atoms with Crippen molar-refractivity contribution in [2.24, 2.45) is 44.4 Å². The van der Waals surface area contributed by atoms with E-state index < -0.39 is 81.8 Å². The van der Waals surface area contributed by atoms with Crippen LogP contribution in [0.4, 0.5) is 83.2 Å². The molecular formula is C43H57F9N14O4S2. The van der Waals surface area contributed by atoms with Crippen molar-refractivity contribution in [2.75, 3.05) is 76.1 Å². The van der Waals surface area contributed by atoms with Gasteiger partial charge in [0, 0.05) is 61.9 Å². The number of urea groups is 2. The fourth-order valence-corrected chi connectivity index (χ4v) is 8.22. The number of amides is 6. The van der Waals surface area contributed by atoms with Crippen LogP contribution >= 0.6 is 23.5 Å². The van der Waals surface area contributed by atoms with E-state index in [1.54, 1.807) is 0 Å². The van der Waals surface area contributed by atoms with Crippen molar-refractivity contribution in [1.82, 2.24) is 0 Å². The Balaban J connectivity index is 2.12. The number of nitrogens with two attached hydrogens (primary N) is 6. The van der Waals surface area contributed by atoms with Gasteiger partial charge < -0.3 is 66.3 Å². The van der Waals surface area contributed by atoms with Gasteiger partial charge in [0.1, 0.15) is 0 Å². The lowest BCUT2D eigenvalue weighted by atomic mass is 10.00. The van der Waals surface area contributed by atoms with E-state index in [0.717, 1.165) is 29.9 Å². The first kappa shape index (κ1) is 60.1. The molecule has 0 radical (unpaired) electrons. The Morgan fingerprint density at radius 1 is 0.514 bits per heavy atom. The fourth-order valence-electron chi connectivity index (χ4n) is 6.51. The molecule has 29 heteroatoms. The first-order valence-electron chi connectivity index (χ1n) is 22.0. The van der Waals surface area contributed by atoms with E-state index in [-0.39, 0.29) is 115 Å². The Morgan fingerprint density at radius 2 is 0.889 bits per heavy atom. The minimum absolute atomic E-state index is 0.00485. The molecule has 18 nitrogen and oxygen atoms in total. The number of hydrogen-bond donors (Lipinski definition) is 12. The third-order valence-electron chi connectivity index (χ3n) is 9.71. The van der Waals surface area contributed by atoms with Gasteiger partial charge in [-0.25, -0.2) is 9.59 Å². The van der Waals surface area contributed by atoms with Crippen LogP contribution in [0.25, 0.3) is 0 Å². The van der Waals surface area contributed by atoms with E-state index in [2.05, 4.69) is 41.9 Å². The molecule has 3 aromatic carbocycles. The van der Waals surface area contributed by atoms with Gasteiger partial charge >= 0.3 is 30.6 Å². The molecule has 0 aromatic heterocycles. The van der Waals surface area contributed by atoms with E-state index in [4.69, 9.17) is 34.4 Å². The van der Waals surface area contributed by atoms with Crippen molar-refractivity contribution >= 4 is 93.8 Å². The Bertz CT molecular complexity index is 2380. The zero-order chi connectivity index (χ0) is 53.6. The highest BCUT2D eigenvalue weighted by Gasteiger charge is 2.36. The molecular weight excluding hydrogens is 1010 g/mol. The molecule has 0 saturated carbocycles. The summed E-state index contributed by atoms with van der Waals surface area (Å²) < 4.78 is 130. The molecule has 0 atom stereocenters. The van der Waals surface area contributed by atoms with Crippen molar-refractivity contribution in [3.05, 3.63) is 58.7 Å². The molecule has 6 amide bonds. The monoisotopic (exact) mass is 1070 g/mol. The molecule has 0 aliphatic heterocycles. The summed E-state index contributed by atoms with van der Waals surface area (Å²) in [5, 5.41) is 13.8. The SMILES string of the molecule is NC=NCCCCC(=O)Nc1cc(C(F)(F)F)cc(NC(=O)Nc2cc(C(F)(F)F)cc(NC(=O)Nc3cc(C(F)(F)F)cc(NC(=O)CCCCN=C(N)N)c3SCCN)c2CCCCN)c1SCCN. The van der Waals surface area contributed by atoms with Crippen LogP contribution in [0.1, 0.15) is 73.6 Å². The zero-order valence-electron chi connectivity index (χ0n) is 38.6. The summed E-state index contributed by atoms with van der Waals surface area (Å²) in [5.74, 6) is -1.42. The first-order chi connectivity index (χ1) is 33.9. The van der Waals surface area contributed by atoms with Gasteiger partial charge in [-0.15, -0.1) is 23.5 Å². The van der Waals surface area contributed by atoms with E-state index in [1.807, 2.05) is 0 Å². The van der Waals surface area contributed by atoms with Crippen molar-refractivity contribution in [3.8, 4) is 0 Å². The number of guanidine groups is 1. The molecule has 0 heterocycles. The molecule has 0 aliphatic carbocycles. The summed E-state index contributed by atoms with van der Waals surface area (Å²) in [4.78, 5) is 60.9. The topological polar surface area (TPSA) is 321 Å². The van der Waals surface area contributed by atoms with Crippen LogP contribution in [-0.4, -0.2) is 80.4 Å². The number of benzene rings is 3. The minimum atomic E-state index is -5.15. The van der Waals surface area contributed by atoms with E-state index >= 15 is 0 Å². The van der Waals surface area contributed by atoms with Crippen LogP contribution in [-0.2, 0) is 34.5 Å². The maximum Gasteiger partial charge on any atom is 0.416 e. The predicted molar refractivity (Wildman–Crippen MR) is 264 cm³/mol. The standard InChI is InChI=1S/C43H57F9N14O4S2/c44-41(45,46)24-17-28(63-39(69)65-32-21-25(42(47,48)49)19-30(36(32)71-15-11-54)61-34(67)8-2-5-13-59-23-56)27(7-1-4-10-53)29(18-24)64-40(70)66-33-22-26(43(50,51)52)20-31(37(33)72-16-12-55)62-35(68)9-3-6-14-60-38(57)58/h17-23H,1-16,53-55H2,(H2,56,59)(H,61,67)(H,62,68)(H4,57,58,60)(H2,63,65,69)(H2,64,66,70). The summed E-state index contributed by atoms with van der Waals surface area (Å²) in [5.41, 5.74) is 25.7. The van der Waals surface area contributed by atoms with Gasteiger partial charge in [-0.2, -0.15) is 39.5 Å². The molecule has 18 N–H and O–H groups in total. The maximum absolute atomic E-state index is 14.6. The highest BCUT2D eigenvalue weighted by molar-refractivity contribution is 7.99. The van der Waals surface area contributed by atoms with Crippen LogP contribution in [0.2, 0.25) is 0 Å². The third kappa shape index (κ3) is 20.1. The van der Waals surface area contributed by atoms with Crippen LogP contribution in [0.3, 0.4) is 0 Å². The number of carbonyl (C=O) groups excluding carboxylic acids is 4. The fraction of sp³-hybridized carbons (Fsp3) is 0.442. The quantitative estimate of drug-likeness (QED) is 0.0120. The number of carbonyl (C=O) groups is 4. The number of anilines is 6. The Hall–Kier alpha value is -6.17. The summed E-state index contributed by atoms with van der Waals surface area (Å²) in [6.07, 6.45) is -12.9. The lowest BCUT2D eigenvalue weighted by Crippen LogP contribution is -2.25. The highest BCUT2D eigenvalue weighted by atomic mass is 32.2. The maximum atomic E-state index is 14.6. The number of thioether (sulfide) groups is 2. The minimum Gasteiger partial charge on any atom is -0.390 e. The van der Waals surface area contributed by atoms with Crippen molar-refractivity contribution in [2.45, 2.75) is 86.1 Å². The summed E-state index contributed by atoms with van der Waals surface area (Å²) in [7, 11) is 0. The largest absolute Gasteiger partial charge is 0.416 e. The van der Waals surface area contributed by atoms with Gasteiger partial charge in [0.25, 0.3) is 0 Å². The van der Waals surface area contributed by atoms with Crippen LogP contribution in [0.15, 0.2) is 56.2 Å². The number of alkyl halides is 9. The molecule has 0 bridgehead atoms. The molecule has 3 aromatic rings. The van der Waals surface area contributed by atoms with Gasteiger partial charge in [-0.3, -0.25) is 19.6 Å². The van der Waals surface area contributed by atoms with Gasteiger partial charge in [-0.05, 0) is 93.5 Å². The number of nitrogens with zero attached hydrogens (tertiary/aromatic N) is 2. The summed E-state index contributed by atoms with van der Waals surface area (Å²) >= 11 is 1.73. The third-order valence-corrected chi connectivity index (χ3v) is 12.0. The van der Waals surface area contributed by atoms with Crippen LogP contribution in [0.5, 0.6) is 0 Å². The Kier molecular flexibility index (Phi) is 24.0. The summed E-state index contributed by atoms with van der Waals surface area (Å²) in [6, 6.07) is 0.734. The van der Waals surface area contributed by atoms with Crippen molar-refractivity contribution < 1.29 is 58.7 Å². The highest BCUT2D eigenvalue weighted by Crippen LogP contribution is 2.44. The predicted octanol–water partition coefficient (Wildman–Crippen LogP) is 7.89. The average Bonchev–Trinajstić information content (AvgIpc) is 3.27. The molecule has 0 aliphatic rings. The lowest BCUT2D eigenvalue weighted by Gasteiger charge is -2.22. The van der Waals surface area contributed by atoms with Crippen LogP contribution < -0.4 is 66.3 Å². The second kappa shape index (κ2) is 28.8. The normalized spacial score (nSPS) is 11.8. The number of nitrogens with one attached hydrogen (secondary N) is 6. The molecule has 72 heavy (non-hydrogen) atoms. The van der Waals surface area contributed by atoms with Gasteiger partial charge in [0.15, 0.2) is 5.96 Å². The molecule has 3 rings (SSSR count). The van der Waals surface area contributed by atoms with E-state index in [9.17, 15) is 58.7 Å². The van der Waals surface area contributed by atoms with E-state index in [0.29, 0.717) is 55.8 Å². The number of rotatable bonds is 26. The second-order valence-corrected chi connectivity index (χ2v) is 17.6. The molecule has 0 fully saturated rings.